The lowest BCUT2D eigenvalue weighted by atomic mass is 9.96. The molecule has 21 heavy (non-hydrogen) atoms. The van der Waals surface area contributed by atoms with E-state index in [1.54, 1.807) is 6.92 Å². The summed E-state index contributed by atoms with van der Waals surface area (Å²) in [6, 6.07) is -0.234. The first-order valence-corrected chi connectivity index (χ1v) is 7.04. The lowest BCUT2D eigenvalue weighted by molar-refractivity contribution is -0.138. The largest absolute Gasteiger partial charge is 0.427 e. The molecule has 0 atom stereocenters. The summed E-state index contributed by atoms with van der Waals surface area (Å²) in [6.45, 7) is 1.82. The molecule has 1 fully saturated rings. The van der Waals surface area contributed by atoms with Crippen molar-refractivity contribution in [2.75, 3.05) is 18.7 Å². The van der Waals surface area contributed by atoms with Crippen LogP contribution in [0.25, 0.3) is 0 Å². The topological polar surface area (TPSA) is 47.6 Å². The number of halogens is 3. The zero-order chi connectivity index (χ0) is 15.6. The van der Waals surface area contributed by atoms with Crippen LogP contribution in [-0.2, 0) is 11.0 Å². The minimum Gasteiger partial charge on any atom is -0.333 e. The van der Waals surface area contributed by atoms with Gasteiger partial charge >= 0.3 is 11.8 Å². The van der Waals surface area contributed by atoms with Gasteiger partial charge in [-0.05, 0) is 19.8 Å². The molecule has 0 bridgehead atoms. The summed E-state index contributed by atoms with van der Waals surface area (Å²) in [6.07, 6.45) is -0.516. The molecule has 0 saturated heterocycles. The van der Waals surface area contributed by atoms with Gasteiger partial charge in [0.1, 0.15) is 0 Å². The van der Waals surface area contributed by atoms with Crippen LogP contribution in [-0.4, -0.2) is 18.4 Å². The third-order valence-electron chi connectivity index (χ3n) is 3.75. The highest BCUT2D eigenvalue weighted by molar-refractivity contribution is 5.46. The maximum atomic E-state index is 13.2. The molecule has 1 aromatic rings. The van der Waals surface area contributed by atoms with E-state index in [4.69, 9.17) is 9.36 Å². The average molecular weight is 308 g/mol. The number of rotatable bonds is 4. The van der Waals surface area contributed by atoms with Gasteiger partial charge in [-0.3, -0.25) is 4.84 Å². The van der Waals surface area contributed by atoms with Crippen molar-refractivity contribution >= 4 is 5.82 Å². The molecule has 0 unspecified atom stereocenters. The van der Waals surface area contributed by atoms with E-state index in [9.17, 15) is 18.0 Å². The average Bonchev–Trinajstić information content (AvgIpc) is 2.79. The van der Waals surface area contributed by atoms with Gasteiger partial charge in [0, 0.05) is 6.54 Å². The summed E-state index contributed by atoms with van der Waals surface area (Å²) in [5.41, 5.74) is -2.66. The zero-order valence-corrected chi connectivity index (χ0v) is 12.1. The molecule has 2 rings (SSSR count). The number of alkyl halides is 3. The van der Waals surface area contributed by atoms with E-state index in [1.807, 2.05) is 0 Å². The molecule has 1 saturated carbocycles. The van der Waals surface area contributed by atoms with Crippen molar-refractivity contribution in [2.24, 2.45) is 0 Å². The van der Waals surface area contributed by atoms with Gasteiger partial charge in [-0.25, -0.2) is 9.86 Å². The van der Waals surface area contributed by atoms with E-state index < -0.39 is 17.4 Å². The maximum Gasteiger partial charge on any atom is 0.427 e. The molecule has 120 valence electrons. The number of hydrogen-bond donors (Lipinski definition) is 0. The van der Waals surface area contributed by atoms with E-state index in [1.165, 1.54) is 7.11 Å². The third kappa shape index (κ3) is 3.09. The van der Waals surface area contributed by atoms with E-state index >= 15 is 0 Å². The molecule has 8 heteroatoms. The molecule has 1 aliphatic rings. The standard InChI is InChI=1S/C13H19F3N2O3/c1-3-17(20-2)11-10(13(14,15)16)12(19)21-18(11)9-7-5-4-6-8-9/h9H,3-8H2,1-2H3. The minimum absolute atomic E-state index is 0.172. The Morgan fingerprint density at radius 2 is 1.95 bits per heavy atom. The molecule has 1 heterocycles. The lowest BCUT2D eigenvalue weighted by Crippen LogP contribution is -2.29. The minimum atomic E-state index is -4.78. The Hall–Kier alpha value is -1.44. The van der Waals surface area contributed by atoms with Crippen molar-refractivity contribution in [3.05, 3.63) is 16.0 Å². The molecule has 1 aromatic heterocycles. The highest BCUT2D eigenvalue weighted by atomic mass is 19.4. The summed E-state index contributed by atoms with van der Waals surface area (Å²) in [5, 5.41) is 1.04. The Balaban J connectivity index is 2.56. The predicted molar refractivity (Wildman–Crippen MR) is 70.1 cm³/mol. The summed E-state index contributed by atoms with van der Waals surface area (Å²) in [5.74, 6) is -0.329. The summed E-state index contributed by atoms with van der Waals surface area (Å²) in [7, 11) is 1.27. The van der Waals surface area contributed by atoms with E-state index in [2.05, 4.69) is 0 Å². The molecular formula is C13H19F3N2O3. The van der Waals surface area contributed by atoms with Gasteiger partial charge in [-0.1, -0.05) is 19.3 Å². The SMILES string of the molecule is CCN(OC)c1c(C(F)(F)F)c(=O)on1C1CCCCC1. The van der Waals surface area contributed by atoms with Gasteiger partial charge < -0.3 is 4.52 Å². The normalized spacial score (nSPS) is 17.2. The first kappa shape index (κ1) is 15.9. The second-order valence-electron chi connectivity index (χ2n) is 5.07. The predicted octanol–water partition coefficient (Wildman–Crippen LogP) is 3.35. The Kier molecular flexibility index (Phi) is 4.65. The van der Waals surface area contributed by atoms with Crippen LogP contribution in [0.5, 0.6) is 0 Å². The molecule has 0 N–H and O–H groups in total. The zero-order valence-electron chi connectivity index (χ0n) is 12.1. The molecule has 0 spiro atoms. The fraction of sp³-hybridized carbons (Fsp3) is 0.769. The van der Waals surface area contributed by atoms with Crippen molar-refractivity contribution in [1.29, 1.82) is 0 Å². The van der Waals surface area contributed by atoms with E-state index in [0.717, 1.165) is 29.1 Å². The molecular weight excluding hydrogens is 289 g/mol. The third-order valence-corrected chi connectivity index (χ3v) is 3.75. The molecule has 0 amide bonds. The van der Waals surface area contributed by atoms with Crippen LogP contribution >= 0.6 is 0 Å². The Bertz CT molecular complexity index is 526. The van der Waals surface area contributed by atoms with Gasteiger partial charge in [0.05, 0.1) is 13.2 Å². The highest BCUT2D eigenvalue weighted by Gasteiger charge is 2.44. The first-order valence-electron chi connectivity index (χ1n) is 7.04. The number of hydrogen-bond acceptors (Lipinski definition) is 4. The smallest absolute Gasteiger partial charge is 0.333 e. The van der Waals surface area contributed by atoms with Crippen molar-refractivity contribution < 1.29 is 22.5 Å². The number of anilines is 1. The van der Waals surface area contributed by atoms with Crippen LogP contribution in [0.4, 0.5) is 19.0 Å². The Labute approximate surface area is 120 Å². The molecule has 0 aliphatic heterocycles. The van der Waals surface area contributed by atoms with Crippen molar-refractivity contribution in [1.82, 2.24) is 4.74 Å². The fourth-order valence-electron chi connectivity index (χ4n) is 2.79. The highest BCUT2D eigenvalue weighted by Crippen LogP contribution is 2.39. The Morgan fingerprint density at radius 1 is 1.33 bits per heavy atom. The number of hydroxylamine groups is 1. The van der Waals surface area contributed by atoms with Gasteiger partial charge in [-0.15, -0.1) is 0 Å². The Morgan fingerprint density at radius 3 is 2.43 bits per heavy atom. The monoisotopic (exact) mass is 308 g/mol. The summed E-state index contributed by atoms with van der Waals surface area (Å²) >= 11 is 0. The lowest BCUT2D eigenvalue weighted by Gasteiger charge is -2.27. The number of aromatic nitrogens is 1. The van der Waals surface area contributed by atoms with Crippen LogP contribution in [0.2, 0.25) is 0 Å². The van der Waals surface area contributed by atoms with Crippen LogP contribution in [0.15, 0.2) is 9.32 Å². The quantitative estimate of drug-likeness (QED) is 0.800. The fourth-order valence-corrected chi connectivity index (χ4v) is 2.79. The van der Waals surface area contributed by atoms with Crippen molar-refractivity contribution in [2.45, 2.75) is 51.2 Å². The van der Waals surface area contributed by atoms with Crippen molar-refractivity contribution in [3.63, 3.8) is 0 Å². The van der Waals surface area contributed by atoms with Gasteiger partial charge in [0.15, 0.2) is 11.4 Å². The molecule has 0 radical (unpaired) electrons. The maximum absolute atomic E-state index is 13.2. The van der Waals surface area contributed by atoms with Crippen LogP contribution in [0.3, 0.4) is 0 Å². The van der Waals surface area contributed by atoms with Crippen LogP contribution in [0, 0.1) is 0 Å². The van der Waals surface area contributed by atoms with E-state index in [-0.39, 0.29) is 18.4 Å². The number of nitrogens with zero attached hydrogens (tertiary/aromatic N) is 2. The second-order valence-corrected chi connectivity index (χ2v) is 5.07. The second kappa shape index (κ2) is 6.13. The van der Waals surface area contributed by atoms with Gasteiger partial charge in [0.25, 0.3) is 0 Å². The van der Waals surface area contributed by atoms with Crippen molar-refractivity contribution in [3.8, 4) is 0 Å². The van der Waals surface area contributed by atoms with Crippen LogP contribution < -0.4 is 10.7 Å². The summed E-state index contributed by atoms with van der Waals surface area (Å²) < 4.78 is 45.5. The summed E-state index contributed by atoms with van der Waals surface area (Å²) in [4.78, 5) is 16.7. The van der Waals surface area contributed by atoms with Gasteiger partial charge in [0.2, 0.25) is 0 Å². The van der Waals surface area contributed by atoms with Crippen LogP contribution in [0.1, 0.15) is 50.6 Å². The molecule has 0 aromatic carbocycles. The molecule has 1 aliphatic carbocycles. The van der Waals surface area contributed by atoms with E-state index in [0.29, 0.717) is 12.8 Å². The molecule has 5 nitrogen and oxygen atoms in total. The first-order chi connectivity index (χ1) is 9.90. The van der Waals surface area contributed by atoms with Gasteiger partial charge in [-0.2, -0.15) is 17.9 Å².